The Hall–Kier alpha value is -2.67. The van der Waals surface area contributed by atoms with E-state index < -0.39 is 10.8 Å². The van der Waals surface area contributed by atoms with Gasteiger partial charge in [-0.05, 0) is 42.0 Å². The van der Waals surface area contributed by atoms with Gasteiger partial charge in [0.2, 0.25) is 5.91 Å². The predicted molar refractivity (Wildman–Crippen MR) is 102 cm³/mol. The molecule has 1 atom stereocenters. The number of carbonyl (C=O) groups is 2. The quantitative estimate of drug-likeness (QED) is 0.830. The summed E-state index contributed by atoms with van der Waals surface area (Å²) in [6.07, 6.45) is 1.61. The van der Waals surface area contributed by atoms with Crippen LogP contribution in [0.4, 0.5) is 5.69 Å². The minimum Gasteiger partial charge on any atom is -0.360 e. The van der Waals surface area contributed by atoms with Crippen LogP contribution in [-0.4, -0.2) is 41.9 Å². The molecule has 0 saturated carbocycles. The second-order valence-corrected chi connectivity index (χ2v) is 7.48. The Morgan fingerprint density at radius 3 is 2.46 bits per heavy atom. The first kappa shape index (κ1) is 18.1. The molecule has 136 valence electrons. The van der Waals surface area contributed by atoms with Crippen LogP contribution in [0.5, 0.6) is 0 Å². The molecule has 0 aliphatic carbocycles. The second kappa shape index (κ2) is 8.14. The Labute approximate surface area is 155 Å². The van der Waals surface area contributed by atoms with Gasteiger partial charge in [-0.3, -0.25) is 13.8 Å². The molecule has 2 aromatic carbocycles. The number of anilines is 1. The summed E-state index contributed by atoms with van der Waals surface area (Å²) in [6.45, 7) is 2.23. The zero-order chi connectivity index (χ0) is 18.5. The minimum absolute atomic E-state index is 0.0329. The van der Waals surface area contributed by atoms with E-state index in [9.17, 15) is 13.8 Å². The number of carbonyl (C=O) groups excluding carboxylic acids is 2. The number of hydrogen-bond acceptors (Lipinski definition) is 4. The summed E-state index contributed by atoms with van der Waals surface area (Å²) in [5, 5.41) is 5.68. The summed E-state index contributed by atoms with van der Waals surface area (Å²) in [5.74, 6) is -0.138. The molecule has 0 radical (unpaired) electrons. The average molecular weight is 371 g/mol. The lowest BCUT2D eigenvalue weighted by molar-refractivity contribution is -0.120. The van der Waals surface area contributed by atoms with E-state index >= 15 is 0 Å². The monoisotopic (exact) mass is 371 g/mol. The molecule has 2 N–H and O–H groups in total. The van der Waals surface area contributed by atoms with Crippen molar-refractivity contribution in [3.63, 3.8) is 0 Å². The zero-order valence-corrected chi connectivity index (χ0v) is 15.3. The standard InChI is InChI=1S/C19H21N3O3S/c1-26(25)17-8-4-15(5-9-17)19(24)21-12-14-2-6-16(7-3-14)22-11-10-20-18(23)13-22/h2-9H,10-13H2,1H3,(H,20,23)(H,21,24). The van der Waals surface area contributed by atoms with Crippen molar-refractivity contribution < 1.29 is 13.8 Å². The molecular formula is C19H21N3O3S. The van der Waals surface area contributed by atoms with Crippen molar-refractivity contribution in [3.8, 4) is 0 Å². The third kappa shape index (κ3) is 4.49. The highest BCUT2D eigenvalue weighted by Crippen LogP contribution is 2.16. The van der Waals surface area contributed by atoms with E-state index in [1.165, 1.54) is 0 Å². The molecule has 1 saturated heterocycles. The first-order valence-electron chi connectivity index (χ1n) is 8.35. The molecule has 1 fully saturated rings. The molecule has 7 heteroatoms. The third-order valence-electron chi connectivity index (χ3n) is 4.24. The third-order valence-corrected chi connectivity index (χ3v) is 5.18. The van der Waals surface area contributed by atoms with E-state index in [1.807, 2.05) is 29.2 Å². The Morgan fingerprint density at radius 1 is 1.15 bits per heavy atom. The van der Waals surface area contributed by atoms with E-state index in [1.54, 1.807) is 30.5 Å². The number of piperazine rings is 1. The van der Waals surface area contributed by atoms with Crippen molar-refractivity contribution in [1.82, 2.24) is 10.6 Å². The Balaban J connectivity index is 1.56. The number of hydrogen-bond donors (Lipinski definition) is 2. The number of benzene rings is 2. The van der Waals surface area contributed by atoms with Gasteiger partial charge in [-0.25, -0.2) is 0 Å². The highest BCUT2D eigenvalue weighted by Gasteiger charge is 2.16. The van der Waals surface area contributed by atoms with E-state index in [-0.39, 0.29) is 11.8 Å². The highest BCUT2D eigenvalue weighted by molar-refractivity contribution is 7.84. The zero-order valence-electron chi connectivity index (χ0n) is 14.5. The van der Waals surface area contributed by atoms with Gasteiger partial charge in [0.05, 0.1) is 6.54 Å². The van der Waals surface area contributed by atoms with E-state index in [2.05, 4.69) is 10.6 Å². The van der Waals surface area contributed by atoms with E-state index in [0.717, 1.165) is 17.8 Å². The van der Waals surface area contributed by atoms with Crippen molar-refractivity contribution >= 4 is 28.3 Å². The molecule has 2 aromatic rings. The predicted octanol–water partition coefficient (Wildman–Crippen LogP) is 1.29. The maximum atomic E-state index is 12.2. The van der Waals surface area contributed by atoms with Gasteiger partial charge in [-0.2, -0.15) is 0 Å². The molecule has 1 heterocycles. The number of amides is 2. The molecule has 0 bridgehead atoms. The van der Waals surface area contributed by atoms with Crippen LogP contribution in [-0.2, 0) is 22.1 Å². The van der Waals surface area contributed by atoms with Crippen LogP contribution in [0.25, 0.3) is 0 Å². The molecule has 3 rings (SSSR count). The van der Waals surface area contributed by atoms with Crippen molar-refractivity contribution in [2.75, 3.05) is 30.8 Å². The lowest BCUT2D eigenvalue weighted by Crippen LogP contribution is -2.47. The van der Waals surface area contributed by atoms with Crippen LogP contribution >= 0.6 is 0 Å². The van der Waals surface area contributed by atoms with Crippen molar-refractivity contribution in [2.24, 2.45) is 0 Å². The minimum atomic E-state index is -1.05. The first-order valence-corrected chi connectivity index (χ1v) is 9.91. The Bertz CT molecular complexity index is 819. The topological polar surface area (TPSA) is 78.5 Å². The summed E-state index contributed by atoms with van der Waals surface area (Å²) < 4.78 is 11.4. The average Bonchev–Trinajstić information content (AvgIpc) is 2.66. The lowest BCUT2D eigenvalue weighted by atomic mass is 10.1. The summed E-state index contributed by atoms with van der Waals surface area (Å²) >= 11 is 0. The fourth-order valence-corrected chi connectivity index (χ4v) is 3.29. The number of nitrogens with zero attached hydrogens (tertiary/aromatic N) is 1. The number of nitrogens with one attached hydrogen (secondary N) is 2. The lowest BCUT2D eigenvalue weighted by Gasteiger charge is -2.28. The van der Waals surface area contributed by atoms with Gasteiger partial charge in [0.25, 0.3) is 5.91 Å². The summed E-state index contributed by atoms with van der Waals surface area (Å²) in [4.78, 5) is 26.4. The SMILES string of the molecule is CS(=O)c1ccc(C(=O)NCc2ccc(N3CCNC(=O)C3)cc2)cc1. The molecule has 1 unspecified atom stereocenters. The molecular weight excluding hydrogens is 350 g/mol. The van der Waals surface area contributed by atoms with E-state index in [4.69, 9.17) is 0 Å². The van der Waals surface area contributed by atoms with Crippen LogP contribution in [0.3, 0.4) is 0 Å². The van der Waals surface area contributed by atoms with E-state index in [0.29, 0.717) is 30.1 Å². The van der Waals surface area contributed by atoms with Gasteiger partial charge >= 0.3 is 0 Å². The molecule has 0 spiro atoms. The largest absolute Gasteiger partial charge is 0.360 e. The fourth-order valence-electron chi connectivity index (χ4n) is 2.77. The van der Waals surface area contributed by atoms with Gasteiger partial charge in [0, 0.05) is 52.8 Å². The van der Waals surface area contributed by atoms with Gasteiger partial charge in [-0.1, -0.05) is 12.1 Å². The second-order valence-electron chi connectivity index (χ2n) is 6.10. The Morgan fingerprint density at radius 2 is 1.85 bits per heavy atom. The normalized spacial score (nSPS) is 15.3. The summed E-state index contributed by atoms with van der Waals surface area (Å²) in [6, 6.07) is 14.6. The molecule has 0 aromatic heterocycles. The summed E-state index contributed by atoms with van der Waals surface area (Å²) in [5.41, 5.74) is 2.52. The maximum Gasteiger partial charge on any atom is 0.251 e. The smallest absolute Gasteiger partial charge is 0.251 e. The maximum absolute atomic E-state index is 12.2. The van der Waals surface area contributed by atoms with Gasteiger partial charge in [0.1, 0.15) is 0 Å². The van der Waals surface area contributed by atoms with Crippen LogP contribution in [0.15, 0.2) is 53.4 Å². The molecule has 26 heavy (non-hydrogen) atoms. The van der Waals surface area contributed by atoms with Crippen LogP contribution < -0.4 is 15.5 Å². The van der Waals surface area contributed by atoms with Crippen LogP contribution in [0.1, 0.15) is 15.9 Å². The fraction of sp³-hybridized carbons (Fsp3) is 0.263. The molecule has 2 amide bonds. The first-order chi connectivity index (χ1) is 12.5. The summed E-state index contributed by atoms with van der Waals surface area (Å²) in [7, 11) is -1.05. The molecule has 6 nitrogen and oxygen atoms in total. The molecule has 1 aliphatic rings. The number of rotatable bonds is 5. The van der Waals surface area contributed by atoms with Crippen LogP contribution in [0, 0.1) is 0 Å². The molecule has 1 aliphatic heterocycles. The van der Waals surface area contributed by atoms with Gasteiger partial charge in [0.15, 0.2) is 0 Å². The van der Waals surface area contributed by atoms with Crippen LogP contribution in [0.2, 0.25) is 0 Å². The van der Waals surface area contributed by atoms with Crippen molar-refractivity contribution in [1.29, 1.82) is 0 Å². The Kier molecular flexibility index (Phi) is 5.68. The van der Waals surface area contributed by atoms with Crippen molar-refractivity contribution in [2.45, 2.75) is 11.4 Å². The van der Waals surface area contributed by atoms with Gasteiger partial charge < -0.3 is 15.5 Å². The van der Waals surface area contributed by atoms with Gasteiger partial charge in [-0.15, -0.1) is 0 Å². The van der Waals surface area contributed by atoms with Crippen molar-refractivity contribution in [3.05, 3.63) is 59.7 Å². The highest BCUT2D eigenvalue weighted by atomic mass is 32.2.